The second-order valence-corrected chi connectivity index (χ2v) is 5.41. The molecular weight excluding hydrogens is 184 g/mol. The molecule has 0 spiro atoms. The molecule has 0 aromatic carbocycles. The predicted molar refractivity (Wildman–Crippen MR) is 64.0 cm³/mol. The van der Waals surface area contributed by atoms with Gasteiger partial charge in [-0.05, 0) is 44.4 Å². The molecule has 1 saturated heterocycles. The Morgan fingerprint density at radius 2 is 1.73 bits per heavy atom. The second-order valence-electron chi connectivity index (χ2n) is 5.41. The molecule has 88 valence electrons. The summed E-state index contributed by atoms with van der Waals surface area (Å²) in [5.41, 5.74) is 0. The first-order chi connectivity index (χ1) is 7.40. The number of hydrogen-bond acceptors (Lipinski definition) is 1. The van der Waals surface area contributed by atoms with E-state index in [1.807, 2.05) is 0 Å². The third-order valence-corrected chi connectivity index (χ3v) is 4.17. The molecule has 2 rings (SSSR count). The standard InChI is InChI=1S/C14H26O/c1-2-7-13-10-6-11-14(15-13)12-8-4-3-5-9-12/h12-14H,2-11H2,1H3/t13-,14-/m0/s1. The Kier molecular flexibility index (Phi) is 4.49. The molecule has 1 aliphatic heterocycles. The highest BCUT2D eigenvalue weighted by molar-refractivity contribution is 4.79. The molecule has 1 heteroatoms. The fourth-order valence-corrected chi connectivity index (χ4v) is 3.32. The van der Waals surface area contributed by atoms with Crippen LogP contribution >= 0.6 is 0 Å². The maximum Gasteiger partial charge on any atom is 0.0607 e. The zero-order chi connectivity index (χ0) is 10.5. The summed E-state index contributed by atoms with van der Waals surface area (Å²) in [5, 5.41) is 0. The van der Waals surface area contributed by atoms with E-state index in [9.17, 15) is 0 Å². The minimum absolute atomic E-state index is 0.593. The van der Waals surface area contributed by atoms with E-state index in [0.29, 0.717) is 12.2 Å². The van der Waals surface area contributed by atoms with Crippen molar-refractivity contribution in [1.29, 1.82) is 0 Å². The summed E-state index contributed by atoms with van der Waals surface area (Å²) < 4.78 is 6.27. The molecule has 0 radical (unpaired) electrons. The summed E-state index contributed by atoms with van der Waals surface area (Å²) >= 11 is 0. The number of ether oxygens (including phenoxy) is 1. The smallest absolute Gasteiger partial charge is 0.0607 e. The van der Waals surface area contributed by atoms with E-state index in [2.05, 4.69) is 6.92 Å². The van der Waals surface area contributed by atoms with Crippen molar-refractivity contribution in [1.82, 2.24) is 0 Å². The fraction of sp³-hybridized carbons (Fsp3) is 1.00. The molecule has 0 aromatic heterocycles. The van der Waals surface area contributed by atoms with Gasteiger partial charge in [-0.3, -0.25) is 0 Å². The third kappa shape index (κ3) is 3.21. The van der Waals surface area contributed by atoms with Crippen LogP contribution in [0, 0.1) is 5.92 Å². The Morgan fingerprint density at radius 3 is 2.47 bits per heavy atom. The van der Waals surface area contributed by atoms with Crippen LogP contribution in [-0.2, 0) is 4.74 Å². The Labute approximate surface area is 94.6 Å². The normalized spacial score (nSPS) is 34.2. The Hall–Kier alpha value is -0.0400. The van der Waals surface area contributed by atoms with E-state index in [4.69, 9.17) is 4.74 Å². The van der Waals surface area contributed by atoms with Gasteiger partial charge in [0.05, 0.1) is 12.2 Å². The van der Waals surface area contributed by atoms with Crippen molar-refractivity contribution in [2.45, 2.75) is 83.3 Å². The molecule has 0 aromatic rings. The van der Waals surface area contributed by atoms with Crippen LogP contribution in [0.15, 0.2) is 0 Å². The summed E-state index contributed by atoms with van der Waals surface area (Å²) in [7, 11) is 0. The molecule has 0 amide bonds. The van der Waals surface area contributed by atoms with Crippen molar-refractivity contribution in [3.8, 4) is 0 Å². The van der Waals surface area contributed by atoms with E-state index < -0.39 is 0 Å². The number of hydrogen-bond donors (Lipinski definition) is 0. The lowest BCUT2D eigenvalue weighted by Crippen LogP contribution is -2.34. The maximum atomic E-state index is 6.27. The molecule has 2 atom stereocenters. The van der Waals surface area contributed by atoms with Crippen LogP contribution < -0.4 is 0 Å². The van der Waals surface area contributed by atoms with Gasteiger partial charge in [-0.1, -0.05) is 32.6 Å². The molecule has 2 aliphatic rings. The molecule has 0 N–H and O–H groups in total. The van der Waals surface area contributed by atoms with Crippen molar-refractivity contribution in [2.24, 2.45) is 5.92 Å². The van der Waals surface area contributed by atoms with Gasteiger partial charge in [0.15, 0.2) is 0 Å². The summed E-state index contributed by atoms with van der Waals surface area (Å²) in [6, 6.07) is 0. The van der Waals surface area contributed by atoms with Gasteiger partial charge < -0.3 is 4.74 Å². The molecule has 1 heterocycles. The lowest BCUT2D eigenvalue weighted by Gasteiger charge is -2.36. The first-order valence-electron chi connectivity index (χ1n) is 7.05. The Balaban J connectivity index is 1.80. The average molecular weight is 210 g/mol. The Morgan fingerprint density at radius 1 is 0.933 bits per heavy atom. The van der Waals surface area contributed by atoms with Crippen LogP contribution in [0.3, 0.4) is 0 Å². The first kappa shape index (κ1) is 11.4. The van der Waals surface area contributed by atoms with Crippen LogP contribution in [0.5, 0.6) is 0 Å². The van der Waals surface area contributed by atoms with Gasteiger partial charge >= 0.3 is 0 Å². The van der Waals surface area contributed by atoms with Crippen molar-refractivity contribution >= 4 is 0 Å². The minimum atomic E-state index is 0.593. The van der Waals surface area contributed by atoms with Gasteiger partial charge in [0.2, 0.25) is 0 Å². The van der Waals surface area contributed by atoms with Crippen molar-refractivity contribution < 1.29 is 4.74 Å². The highest BCUT2D eigenvalue weighted by Crippen LogP contribution is 2.34. The monoisotopic (exact) mass is 210 g/mol. The van der Waals surface area contributed by atoms with Gasteiger partial charge in [-0.2, -0.15) is 0 Å². The van der Waals surface area contributed by atoms with Crippen molar-refractivity contribution in [2.75, 3.05) is 0 Å². The van der Waals surface area contributed by atoms with Crippen LogP contribution in [0.4, 0.5) is 0 Å². The molecule has 15 heavy (non-hydrogen) atoms. The molecule has 2 fully saturated rings. The molecule has 1 aliphatic carbocycles. The second kappa shape index (κ2) is 5.89. The summed E-state index contributed by atoms with van der Waals surface area (Å²) in [6.45, 7) is 2.27. The topological polar surface area (TPSA) is 9.23 Å². The highest BCUT2D eigenvalue weighted by Gasteiger charge is 2.29. The van der Waals surface area contributed by atoms with E-state index in [-0.39, 0.29) is 0 Å². The minimum Gasteiger partial charge on any atom is -0.375 e. The van der Waals surface area contributed by atoms with Gasteiger partial charge in [0.1, 0.15) is 0 Å². The SMILES string of the molecule is CCC[C@H]1CCC[C@@H](C2CCCCC2)O1. The van der Waals surface area contributed by atoms with Gasteiger partial charge in [0.25, 0.3) is 0 Å². The van der Waals surface area contributed by atoms with Crippen LogP contribution in [0.25, 0.3) is 0 Å². The summed E-state index contributed by atoms with van der Waals surface area (Å²) in [4.78, 5) is 0. The third-order valence-electron chi connectivity index (χ3n) is 4.17. The van der Waals surface area contributed by atoms with Gasteiger partial charge in [-0.15, -0.1) is 0 Å². The van der Waals surface area contributed by atoms with Crippen LogP contribution in [0.1, 0.15) is 71.1 Å². The fourth-order valence-electron chi connectivity index (χ4n) is 3.32. The van der Waals surface area contributed by atoms with Crippen molar-refractivity contribution in [3.63, 3.8) is 0 Å². The number of rotatable bonds is 3. The predicted octanol–water partition coefficient (Wildman–Crippen LogP) is 4.30. The van der Waals surface area contributed by atoms with E-state index in [0.717, 1.165) is 5.92 Å². The average Bonchev–Trinajstić information content (AvgIpc) is 2.31. The summed E-state index contributed by atoms with van der Waals surface area (Å²) in [5.74, 6) is 0.901. The Bertz CT molecular complexity index is 170. The maximum absolute atomic E-state index is 6.27. The molecule has 1 saturated carbocycles. The van der Waals surface area contributed by atoms with Gasteiger partial charge in [0, 0.05) is 0 Å². The van der Waals surface area contributed by atoms with E-state index >= 15 is 0 Å². The van der Waals surface area contributed by atoms with E-state index in [1.165, 1.54) is 64.2 Å². The van der Waals surface area contributed by atoms with E-state index in [1.54, 1.807) is 0 Å². The van der Waals surface area contributed by atoms with Crippen LogP contribution in [0.2, 0.25) is 0 Å². The molecule has 0 bridgehead atoms. The highest BCUT2D eigenvalue weighted by atomic mass is 16.5. The molecule has 1 nitrogen and oxygen atoms in total. The quantitative estimate of drug-likeness (QED) is 0.674. The molecule has 0 unspecified atom stereocenters. The van der Waals surface area contributed by atoms with Crippen molar-refractivity contribution in [3.05, 3.63) is 0 Å². The molecular formula is C14H26O. The lowest BCUT2D eigenvalue weighted by atomic mass is 9.82. The largest absolute Gasteiger partial charge is 0.375 e. The van der Waals surface area contributed by atoms with Crippen LogP contribution in [-0.4, -0.2) is 12.2 Å². The lowest BCUT2D eigenvalue weighted by molar-refractivity contribution is -0.0864. The summed E-state index contributed by atoms with van der Waals surface area (Å²) in [6.07, 6.45) is 15.1. The van der Waals surface area contributed by atoms with Gasteiger partial charge in [-0.25, -0.2) is 0 Å². The zero-order valence-corrected chi connectivity index (χ0v) is 10.2. The first-order valence-corrected chi connectivity index (χ1v) is 7.05. The zero-order valence-electron chi connectivity index (χ0n) is 10.2.